The number of benzene rings is 1. The number of rotatable bonds is 8. The maximum atomic E-state index is 9.50. The van der Waals surface area contributed by atoms with Gasteiger partial charge < -0.3 is 10.6 Å². The Morgan fingerprint density at radius 1 is 1.17 bits per heavy atom. The van der Waals surface area contributed by atoms with Gasteiger partial charge in [-0.1, -0.05) is 37.0 Å². The SMILES string of the molecule is C=CCN(/C(=C\C)c1sc2nc(C/C=C\N=CC)ccc2c1N)c1cccc(C)c1.CF.CF.CP. The summed E-state index contributed by atoms with van der Waals surface area (Å²) in [7, 11) is 3.42. The monoisotopic (exact) mass is 532 g/mol. The second-order valence-electron chi connectivity index (χ2n) is 6.91. The molecule has 4 nitrogen and oxygen atoms in total. The van der Waals surface area contributed by atoms with Crippen molar-refractivity contribution in [3.8, 4) is 0 Å². The lowest BCUT2D eigenvalue weighted by molar-refractivity contribution is 0.635. The maximum absolute atomic E-state index is 9.50. The Morgan fingerprint density at radius 3 is 2.44 bits per heavy atom. The first-order valence-electron chi connectivity index (χ1n) is 11.3. The average molecular weight is 533 g/mol. The van der Waals surface area contributed by atoms with Crippen LogP contribution in [0.3, 0.4) is 0 Å². The number of aliphatic imine (C=N–C) groups is 1. The van der Waals surface area contributed by atoms with Gasteiger partial charge in [0.15, 0.2) is 0 Å². The molecule has 0 saturated carbocycles. The second kappa shape index (κ2) is 19.3. The lowest BCUT2D eigenvalue weighted by atomic mass is 10.1. The number of halogens is 2. The smallest absolute Gasteiger partial charge is 0.126 e. The van der Waals surface area contributed by atoms with Crippen LogP contribution in [0.4, 0.5) is 20.2 Å². The molecule has 0 spiro atoms. The average Bonchev–Trinajstić information content (AvgIpc) is 3.25. The molecule has 1 unspecified atom stereocenters. The van der Waals surface area contributed by atoms with Crippen LogP contribution in [-0.4, -0.2) is 38.8 Å². The van der Waals surface area contributed by atoms with Gasteiger partial charge in [-0.3, -0.25) is 13.8 Å². The fraction of sp³-hybridized carbons (Fsp3) is 0.286. The first kappa shape index (κ1) is 33.1. The van der Waals surface area contributed by atoms with E-state index >= 15 is 0 Å². The molecule has 0 amide bonds. The van der Waals surface area contributed by atoms with Gasteiger partial charge in [-0.05, 0) is 50.6 Å². The molecule has 0 fully saturated rings. The van der Waals surface area contributed by atoms with Crippen molar-refractivity contribution in [3.63, 3.8) is 0 Å². The summed E-state index contributed by atoms with van der Waals surface area (Å²) in [6.07, 6.45) is 10.3. The molecule has 0 aliphatic carbocycles. The summed E-state index contributed by atoms with van der Waals surface area (Å²) in [4.78, 5) is 13.2. The molecule has 1 aromatic carbocycles. The molecule has 0 saturated heterocycles. The van der Waals surface area contributed by atoms with Crippen molar-refractivity contribution in [2.24, 2.45) is 4.99 Å². The quantitative estimate of drug-likeness (QED) is 0.181. The van der Waals surface area contributed by atoms with Crippen LogP contribution in [0, 0.1) is 6.92 Å². The van der Waals surface area contributed by atoms with Crippen molar-refractivity contribution < 1.29 is 8.78 Å². The molecule has 2 N–H and O–H groups in total. The number of fused-ring (bicyclic) bond motifs is 1. The number of thiophene rings is 1. The van der Waals surface area contributed by atoms with Crippen LogP contribution in [-0.2, 0) is 6.42 Å². The van der Waals surface area contributed by atoms with Gasteiger partial charge in [0.1, 0.15) is 4.83 Å². The highest BCUT2D eigenvalue weighted by Gasteiger charge is 2.19. The third-order valence-electron chi connectivity index (χ3n) is 4.74. The first-order valence-corrected chi connectivity index (χ1v) is 13.3. The molecule has 3 rings (SSSR count). The first-order chi connectivity index (χ1) is 17.6. The predicted molar refractivity (Wildman–Crippen MR) is 163 cm³/mol. The van der Waals surface area contributed by atoms with Crippen LogP contribution in [0.5, 0.6) is 0 Å². The van der Waals surface area contributed by atoms with Crippen LogP contribution in [0.1, 0.15) is 30.0 Å². The second-order valence-corrected chi connectivity index (χ2v) is 7.91. The standard InChI is InChI=1S/C25H28N4S.2CH3F.CH5P/c1-5-16-29(20-12-8-10-18(4)17-20)22(6-2)24-23(26)21-14-13-19(28-25(21)30-24)11-9-15-27-7-3;3*1-2/h5-10,12-15,17H,1,11,16,26H2,2-4H3;2*1H3;2H2,1H3/b15-9-,22-6-,27-7?;;;. The summed E-state index contributed by atoms with van der Waals surface area (Å²) in [6.45, 7) is 12.6. The van der Waals surface area contributed by atoms with Crippen LogP contribution >= 0.6 is 20.6 Å². The van der Waals surface area contributed by atoms with Crippen molar-refractivity contribution in [2.75, 3.05) is 38.2 Å². The molecule has 0 aliphatic rings. The Bertz CT molecular complexity index is 1140. The van der Waals surface area contributed by atoms with Crippen LogP contribution in [0.2, 0.25) is 0 Å². The molecule has 3 aromatic rings. The Kier molecular flexibility index (Phi) is 17.8. The number of allylic oxidation sites excluding steroid dienone is 2. The zero-order valence-corrected chi connectivity index (χ0v) is 24.1. The van der Waals surface area contributed by atoms with E-state index in [9.17, 15) is 8.78 Å². The van der Waals surface area contributed by atoms with Gasteiger partial charge in [0, 0.05) is 42.1 Å². The Balaban J connectivity index is 0.00000190. The van der Waals surface area contributed by atoms with Crippen molar-refractivity contribution in [1.82, 2.24) is 4.98 Å². The van der Waals surface area contributed by atoms with Gasteiger partial charge in [0.25, 0.3) is 0 Å². The third-order valence-corrected chi connectivity index (χ3v) is 5.88. The number of pyridine rings is 1. The molecular formula is C28H39F2N4PS. The minimum absolute atomic E-state index is 0.500. The number of aromatic nitrogens is 1. The van der Waals surface area contributed by atoms with E-state index in [4.69, 9.17) is 10.7 Å². The van der Waals surface area contributed by atoms with E-state index in [0.717, 1.165) is 44.3 Å². The van der Waals surface area contributed by atoms with Crippen molar-refractivity contribution in [2.45, 2.75) is 27.2 Å². The molecule has 36 heavy (non-hydrogen) atoms. The molecule has 0 radical (unpaired) electrons. The number of nitrogens with two attached hydrogens (primary N) is 1. The largest absolute Gasteiger partial charge is 0.397 e. The van der Waals surface area contributed by atoms with Crippen molar-refractivity contribution >= 4 is 54.1 Å². The van der Waals surface area contributed by atoms with E-state index in [2.05, 4.69) is 69.0 Å². The number of nitrogen functional groups attached to an aromatic ring is 1. The normalized spacial score (nSPS) is 10.8. The highest BCUT2D eigenvalue weighted by Crippen LogP contribution is 2.40. The van der Waals surface area contributed by atoms with Crippen LogP contribution in [0.15, 0.2) is 72.4 Å². The molecule has 0 bridgehead atoms. The van der Waals surface area contributed by atoms with E-state index in [1.807, 2.05) is 38.7 Å². The number of nitrogens with zero attached hydrogens (tertiary/aromatic N) is 3. The minimum atomic E-state index is 0.500. The summed E-state index contributed by atoms with van der Waals surface area (Å²) < 4.78 is 19.0. The summed E-state index contributed by atoms with van der Waals surface area (Å²) in [6, 6.07) is 12.6. The van der Waals surface area contributed by atoms with E-state index in [0.29, 0.717) is 20.9 Å². The minimum Gasteiger partial charge on any atom is -0.397 e. The van der Waals surface area contributed by atoms with Gasteiger partial charge in [-0.25, -0.2) is 4.98 Å². The summed E-state index contributed by atoms with van der Waals surface area (Å²) >= 11 is 1.63. The highest BCUT2D eigenvalue weighted by atomic mass is 32.1. The number of hydrogen-bond acceptors (Lipinski definition) is 5. The predicted octanol–water partition coefficient (Wildman–Crippen LogP) is 8.05. The van der Waals surface area contributed by atoms with Gasteiger partial charge in [0.05, 0.1) is 30.6 Å². The summed E-state index contributed by atoms with van der Waals surface area (Å²) in [5.74, 6) is 0. The summed E-state index contributed by atoms with van der Waals surface area (Å²) in [5.41, 5.74) is 11.8. The topological polar surface area (TPSA) is 54.5 Å². The number of anilines is 2. The fourth-order valence-corrected chi connectivity index (χ4v) is 4.53. The third kappa shape index (κ3) is 9.29. The molecule has 8 heteroatoms. The van der Waals surface area contributed by atoms with Gasteiger partial charge in [-0.15, -0.1) is 27.2 Å². The molecule has 2 aromatic heterocycles. The van der Waals surface area contributed by atoms with Gasteiger partial charge in [0.2, 0.25) is 0 Å². The highest BCUT2D eigenvalue weighted by molar-refractivity contribution is 7.20. The lowest BCUT2D eigenvalue weighted by Gasteiger charge is -2.26. The van der Waals surface area contributed by atoms with E-state index < -0.39 is 0 Å². The lowest BCUT2D eigenvalue weighted by Crippen LogP contribution is -2.21. The molecule has 0 aliphatic heterocycles. The molecule has 1 atom stereocenters. The molecule has 2 heterocycles. The molecule has 196 valence electrons. The van der Waals surface area contributed by atoms with Gasteiger partial charge in [-0.2, -0.15) is 0 Å². The Labute approximate surface area is 221 Å². The number of hydrogen-bond donors (Lipinski definition) is 1. The van der Waals surface area contributed by atoms with Crippen molar-refractivity contribution in [1.29, 1.82) is 0 Å². The van der Waals surface area contributed by atoms with E-state index in [1.165, 1.54) is 5.56 Å². The number of aryl methyl sites for hydroxylation is 1. The van der Waals surface area contributed by atoms with Crippen LogP contribution in [0.25, 0.3) is 15.9 Å². The Hall–Kier alpha value is -2.89. The maximum Gasteiger partial charge on any atom is 0.126 e. The molecular weight excluding hydrogens is 493 g/mol. The van der Waals surface area contributed by atoms with E-state index in [-0.39, 0.29) is 0 Å². The van der Waals surface area contributed by atoms with E-state index in [1.54, 1.807) is 23.8 Å². The Morgan fingerprint density at radius 2 is 1.86 bits per heavy atom. The zero-order chi connectivity index (χ0) is 27.5. The van der Waals surface area contributed by atoms with Crippen molar-refractivity contribution in [3.05, 3.63) is 83.5 Å². The number of alkyl halides is 2. The van der Waals surface area contributed by atoms with Gasteiger partial charge >= 0.3 is 0 Å². The fourth-order valence-electron chi connectivity index (χ4n) is 3.34. The zero-order valence-electron chi connectivity index (χ0n) is 22.1. The van der Waals surface area contributed by atoms with Crippen LogP contribution < -0.4 is 10.6 Å². The summed E-state index contributed by atoms with van der Waals surface area (Å²) in [5, 5.41) is 0.997.